The van der Waals surface area contributed by atoms with E-state index in [1.54, 1.807) is 22.7 Å². The zero-order valence-electron chi connectivity index (χ0n) is 12.1. The van der Waals surface area contributed by atoms with Crippen molar-refractivity contribution in [3.05, 3.63) is 28.3 Å². The zero-order chi connectivity index (χ0) is 16.1. The Balaban J connectivity index is 1.93. The first kappa shape index (κ1) is 15.2. The standard InChI is InChI=1S/C12H15BrN6O2S/c1-17-8(5-11(13)16-17)12(20)18-3-4-19-9(7-18)10(6-15-19)22(2,14)21/h5-6,14H,3-4,7H2,1-2H3. The molecule has 2 aromatic heterocycles. The third-order valence-electron chi connectivity index (χ3n) is 3.61. The van der Waals surface area contributed by atoms with Crippen molar-refractivity contribution < 1.29 is 9.00 Å². The molecule has 0 aromatic carbocycles. The van der Waals surface area contributed by atoms with E-state index in [0.29, 0.717) is 40.5 Å². The third-order valence-corrected chi connectivity index (χ3v) is 5.18. The zero-order valence-corrected chi connectivity index (χ0v) is 14.5. The Labute approximate surface area is 136 Å². The molecule has 0 saturated heterocycles. The Morgan fingerprint density at radius 3 is 2.77 bits per heavy atom. The van der Waals surface area contributed by atoms with E-state index in [1.165, 1.54) is 17.1 Å². The second-order valence-corrected chi connectivity index (χ2v) is 8.16. The quantitative estimate of drug-likeness (QED) is 0.834. The number of carbonyl (C=O) groups is 1. The number of aromatic nitrogens is 4. The molecule has 1 amide bonds. The van der Waals surface area contributed by atoms with Crippen LogP contribution in [0.1, 0.15) is 16.2 Å². The summed E-state index contributed by atoms with van der Waals surface area (Å²) in [6, 6.07) is 1.67. The van der Waals surface area contributed by atoms with Gasteiger partial charge in [-0.05, 0) is 15.9 Å². The largest absolute Gasteiger partial charge is 0.330 e. The molecule has 0 radical (unpaired) electrons. The second-order valence-electron chi connectivity index (χ2n) is 5.22. The van der Waals surface area contributed by atoms with Crippen LogP contribution in [0.2, 0.25) is 0 Å². The predicted octanol–water partition coefficient (Wildman–Crippen LogP) is 1.07. The molecular formula is C12H15BrN6O2S. The Bertz CT molecular complexity index is 853. The van der Waals surface area contributed by atoms with Crippen LogP contribution < -0.4 is 0 Å². The predicted molar refractivity (Wildman–Crippen MR) is 82.9 cm³/mol. The van der Waals surface area contributed by atoms with Crippen LogP contribution in [-0.2, 0) is 29.9 Å². The van der Waals surface area contributed by atoms with Crippen molar-refractivity contribution in [3.8, 4) is 0 Å². The average molecular weight is 387 g/mol. The van der Waals surface area contributed by atoms with Crippen LogP contribution >= 0.6 is 15.9 Å². The summed E-state index contributed by atoms with van der Waals surface area (Å²) in [5.41, 5.74) is 1.15. The van der Waals surface area contributed by atoms with E-state index in [1.807, 2.05) is 0 Å². The van der Waals surface area contributed by atoms with Gasteiger partial charge in [0.15, 0.2) is 0 Å². The molecule has 22 heavy (non-hydrogen) atoms. The molecule has 1 aliphatic rings. The highest BCUT2D eigenvalue weighted by Crippen LogP contribution is 2.22. The summed E-state index contributed by atoms with van der Waals surface area (Å²) in [5.74, 6) is -0.147. The Morgan fingerprint density at radius 1 is 1.45 bits per heavy atom. The number of amides is 1. The number of carbonyl (C=O) groups excluding carboxylic acids is 1. The van der Waals surface area contributed by atoms with E-state index >= 15 is 0 Å². The first-order chi connectivity index (χ1) is 10.3. The van der Waals surface area contributed by atoms with Gasteiger partial charge in [0, 0.05) is 25.9 Å². The molecule has 1 aliphatic heterocycles. The molecule has 0 spiro atoms. The summed E-state index contributed by atoms with van der Waals surface area (Å²) in [6.45, 7) is 1.33. The van der Waals surface area contributed by atoms with Gasteiger partial charge in [0.25, 0.3) is 5.91 Å². The molecule has 1 atom stereocenters. The van der Waals surface area contributed by atoms with Gasteiger partial charge in [0.1, 0.15) is 10.3 Å². The van der Waals surface area contributed by atoms with E-state index in [0.717, 1.165) is 0 Å². The van der Waals surface area contributed by atoms with Gasteiger partial charge in [-0.25, -0.2) is 8.99 Å². The SMILES string of the molecule is Cn1nc(Br)cc1C(=O)N1CCn2ncc(S(C)(=N)=O)c2C1. The van der Waals surface area contributed by atoms with Crippen molar-refractivity contribution in [1.29, 1.82) is 4.78 Å². The smallest absolute Gasteiger partial charge is 0.272 e. The highest BCUT2D eigenvalue weighted by Gasteiger charge is 2.28. The molecule has 10 heteroatoms. The number of halogens is 1. The molecule has 3 rings (SSSR count). The molecule has 0 fully saturated rings. The molecule has 1 unspecified atom stereocenters. The first-order valence-corrected chi connectivity index (χ1v) is 9.30. The van der Waals surface area contributed by atoms with Crippen LogP contribution in [0, 0.1) is 4.78 Å². The van der Waals surface area contributed by atoms with Crippen molar-refractivity contribution in [2.75, 3.05) is 12.8 Å². The van der Waals surface area contributed by atoms with Gasteiger partial charge in [0.05, 0.1) is 39.6 Å². The lowest BCUT2D eigenvalue weighted by atomic mass is 10.2. The summed E-state index contributed by atoms with van der Waals surface area (Å²) < 4.78 is 23.6. The highest BCUT2D eigenvalue weighted by atomic mass is 79.9. The molecule has 8 nitrogen and oxygen atoms in total. The molecule has 0 bridgehead atoms. The molecule has 1 N–H and O–H groups in total. The fourth-order valence-electron chi connectivity index (χ4n) is 2.51. The van der Waals surface area contributed by atoms with Gasteiger partial charge in [-0.15, -0.1) is 0 Å². The number of aryl methyl sites for hydroxylation is 1. The van der Waals surface area contributed by atoms with E-state index in [2.05, 4.69) is 26.1 Å². The van der Waals surface area contributed by atoms with Gasteiger partial charge >= 0.3 is 0 Å². The summed E-state index contributed by atoms with van der Waals surface area (Å²) in [5, 5.41) is 8.28. The number of nitrogens with zero attached hydrogens (tertiary/aromatic N) is 5. The topological polar surface area (TPSA) is 96.9 Å². The normalized spacial score (nSPS) is 17.1. The number of hydrogen-bond donors (Lipinski definition) is 1. The number of hydrogen-bond acceptors (Lipinski definition) is 5. The summed E-state index contributed by atoms with van der Waals surface area (Å²) in [7, 11) is -1.16. The number of nitrogens with one attached hydrogen (secondary N) is 1. The maximum absolute atomic E-state index is 12.6. The fraction of sp³-hybridized carbons (Fsp3) is 0.417. The third kappa shape index (κ3) is 2.56. The molecule has 3 heterocycles. The Kier molecular flexibility index (Phi) is 3.60. The summed E-state index contributed by atoms with van der Waals surface area (Å²) in [6.07, 6.45) is 2.84. The minimum atomic E-state index is -2.87. The van der Waals surface area contributed by atoms with Crippen molar-refractivity contribution >= 4 is 31.6 Å². The molecule has 118 valence electrons. The second kappa shape index (κ2) is 5.20. The van der Waals surface area contributed by atoms with Crippen molar-refractivity contribution in [2.24, 2.45) is 7.05 Å². The lowest BCUT2D eigenvalue weighted by Gasteiger charge is -2.28. The van der Waals surface area contributed by atoms with Crippen LogP contribution in [0.3, 0.4) is 0 Å². The number of fused-ring (bicyclic) bond motifs is 1. The van der Waals surface area contributed by atoms with Crippen LogP contribution in [0.25, 0.3) is 0 Å². The highest BCUT2D eigenvalue weighted by molar-refractivity contribution is 9.10. The van der Waals surface area contributed by atoms with Gasteiger partial charge < -0.3 is 4.90 Å². The van der Waals surface area contributed by atoms with Gasteiger partial charge in [0.2, 0.25) is 0 Å². The average Bonchev–Trinajstić information content (AvgIpc) is 2.99. The van der Waals surface area contributed by atoms with Crippen LogP contribution in [0.15, 0.2) is 21.8 Å². The Morgan fingerprint density at radius 2 is 2.18 bits per heavy atom. The van der Waals surface area contributed by atoms with E-state index < -0.39 is 9.73 Å². The maximum atomic E-state index is 12.6. The van der Waals surface area contributed by atoms with E-state index in [9.17, 15) is 9.00 Å². The minimum Gasteiger partial charge on any atom is -0.330 e. The van der Waals surface area contributed by atoms with Crippen molar-refractivity contribution in [2.45, 2.75) is 18.0 Å². The summed E-state index contributed by atoms with van der Waals surface area (Å²) in [4.78, 5) is 14.7. The monoisotopic (exact) mass is 386 g/mol. The van der Waals surface area contributed by atoms with Gasteiger partial charge in [-0.3, -0.25) is 14.2 Å². The molecular weight excluding hydrogens is 372 g/mol. The number of rotatable bonds is 2. The van der Waals surface area contributed by atoms with Gasteiger partial charge in [-0.2, -0.15) is 10.2 Å². The lowest BCUT2D eigenvalue weighted by Crippen LogP contribution is -2.39. The van der Waals surface area contributed by atoms with Crippen LogP contribution in [0.5, 0.6) is 0 Å². The Hall–Kier alpha value is -1.68. The van der Waals surface area contributed by atoms with Crippen molar-refractivity contribution in [1.82, 2.24) is 24.5 Å². The van der Waals surface area contributed by atoms with Gasteiger partial charge in [-0.1, -0.05) is 0 Å². The molecule has 0 saturated carbocycles. The summed E-state index contributed by atoms with van der Waals surface area (Å²) >= 11 is 3.25. The maximum Gasteiger partial charge on any atom is 0.272 e. The van der Waals surface area contributed by atoms with E-state index in [4.69, 9.17) is 4.78 Å². The first-order valence-electron chi connectivity index (χ1n) is 6.54. The lowest BCUT2D eigenvalue weighted by molar-refractivity contribution is 0.0692. The van der Waals surface area contributed by atoms with Crippen molar-refractivity contribution in [3.63, 3.8) is 0 Å². The fourth-order valence-corrected chi connectivity index (χ4v) is 3.84. The minimum absolute atomic E-state index is 0.147. The molecule has 0 aliphatic carbocycles. The van der Waals surface area contributed by atoms with E-state index in [-0.39, 0.29) is 5.91 Å². The molecule has 2 aromatic rings. The van der Waals surface area contributed by atoms with Crippen LogP contribution in [-0.4, -0.2) is 47.4 Å². The van der Waals surface area contributed by atoms with Crippen LogP contribution in [0.4, 0.5) is 0 Å².